The standard InChI is InChI=1S/C40H25N3O/c1-2-11-26(12-3-1)34-25-35(42-40(41-34)28-21-22-33-32-17-6-9-20-38(32)44-39(33)24-28)27-13-10-14-29(23-27)43-36-18-7-4-15-30(36)31-16-5-8-19-37(31)43/h1-25H. The topological polar surface area (TPSA) is 43.9 Å². The average molecular weight is 564 g/mol. The number of aromatic nitrogens is 3. The summed E-state index contributed by atoms with van der Waals surface area (Å²) >= 11 is 0. The van der Waals surface area contributed by atoms with Gasteiger partial charge in [0.1, 0.15) is 11.2 Å². The van der Waals surface area contributed by atoms with Crippen LogP contribution in [0.25, 0.3) is 83.3 Å². The Morgan fingerprint density at radius 1 is 0.409 bits per heavy atom. The third kappa shape index (κ3) is 3.92. The zero-order chi connectivity index (χ0) is 29.0. The maximum atomic E-state index is 6.21. The second kappa shape index (κ2) is 9.79. The van der Waals surface area contributed by atoms with E-state index in [9.17, 15) is 0 Å². The summed E-state index contributed by atoms with van der Waals surface area (Å²) < 4.78 is 8.55. The van der Waals surface area contributed by atoms with Crippen molar-refractivity contribution in [3.05, 3.63) is 152 Å². The van der Waals surface area contributed by atoms with Gasteiger partial charge in [0.15, 0.2) is 5.82 Å². The summed E-state index contributed by atoms with van der Waals surface area (Å²) in [6, 6.07) is 52.6. The molecule has 0 aliphatic carbocycles. The minimum atomic E-state index is 0.658. The van der Waals surface area contributed by atoms with E-state index in [1.54, 1.807) is 0 Å². The van der Waals surface area contributed by atoms with Crippen LogP contribution in [0.1, 0.15) is 0 Å². The number of furan rings is 1. The van der Waals surface area contributed by atoms with E-state index in [1.165, 1.54) is 21.8 Å². The van der Waals surface area contributed by atoms with E-state index in [-0.39, 0.29) is 0 Å². The van der Waals surface area contributed by atoms with Crippen molar-refractivity contribution < 1.29 is 4.42 Å². The number of nitrogens with zero attached hydrogens (tertiary/aromatic N) is 3. The Morgan fingerprint density at radius 3 is 1.80 bits per heavy atom. The summed E-state index contributed by atoms with van der Waals surface area (Å²) in [6.07, 6.45) is 0. The Balaban J connectivity index is 1.24. The monoisotopic (exact) mass is 563 g/mol. The van der Waals surface area contributed by atoms with Gasteiger partial charge in [-0.05, 0) is 48.5 Å². The van der Waals surface area contributed by atoms with Crippen LogP contribution in [0.5, 0.6) is 0 Å². The van der Waals surface area contributed by atoms with Crippen molar-refractivity contribution in [3.8, 4) is 39.6 Å². The molecule has 0 bridgehead atoms. The molecular weight excluding hydrogens is 538 g/mol. The number of benzene rings is 6. The molecule has 0 unspecified atom stereocenters. The highest BCUT2D eigenvalue weighted by molar-refractivity contribution is 6.09. The zero-order valence-electron chi connectivity index (χ0n) is 23.7. The first-order chi connectivity index (χ1) is 21.8. The van der Waals surface area contributed by atoms with E-state index < -0.39 is 0 Å². The second-order valence-corrected chi connectivity index (χ2v) is 11.1. The Labute approximate surface area is 253 Å². The Kier molecular flexibility index (Phi) is 5.47. The minimum Gasteiger partial charge on any atom is -0.456 e. The molecule has 0 aliphatic rings. The number of para-hydroxylation sites is 3. The van der Waals surface area contributed by atoms with E-state index in [4.69, 9.17) is 14.4 Å². The summed E-state index contributed by atoms with van der Waals surface area (Å²) in [4.78, 5) is 10.2. The summed E-state index contributed by atoms with van der Waals surface area (Å²) in [5, 5.41) is 4.67. The van der Waals surface area contributed by atoms with Gasteiger partial charge in [0, 0.05) is 43.9 Å². The first kappa shape index (κ1) is 24.6. The van der Waals surface area contributed by atoms with Crippen molar-refractivity contribution in [2.45, 2.75) is 0 Å². The fourth-order valence-corrected chi connectivity index (χ4v) is 6.35. The van der Waals surface area contributed by atoms with Crippen molar-refractivity contribution in [2.75, 3.05) is 0 Å². The quantitative estimate of drug-likeness (QED) is 0.214. The summed E-state index contributed by atoms with van der Waals surface area (Å²) in [5.74, 6) is 0.658. The molecule has 0 radical (unpaired) electrons. The summed E-state index contributed by atoms with van der Waals surface area (Å²) in [5.41, 5.74) is 9.86. The molecular formula is C40H25N3O. The molecule has 6 aromatic carbocycles. The molecule has 0 fully saturated rings. The lowest BCUT2D eigenvalue weighted by atomic mass is 10.1. The van der Waals surface area contributed by atoms with Gasteiger partial charge in [0.05, 0.1) is 22.4 Å². The molecule has 3 aromatic heterocycles. The average Bonchev–Trinajstić information content (AvgIpc) is 3.64. The largest absolute Gasteiger partial charge is 0.456 e. The van der Waals surface area contributed by atoms with Crippen molar-refractivity contribution in [3.63, 3.8) is 0 Å². The van der Waals surface area contributed by atoms with Crippen molar-refractivity contribution >= 4 is 43.7 Å². The predicted molar refractivity (Wildman–Crippen MR) is 180 cm³/mol. The molecule has 4 nitrogen and oxygen atoms in total. The number of hydrogen-bond acceptors (Lipinski definition) is 3. The lowest BCUT2D eigenvalue weighted by Gasteiger charge is -2.12. The normalized spacial score (nSPS) is 11.6. The molecule has 0 saturated carbocycles. The first-order valence-corrected chi connectivity index (χ1v) is 14.8. The summed E-state index contributed by atoms with van der Waals surface area (Å²) in [7, 11) is 0. The molecule has 3 heterocycles. The van der Waals surface area contributed by atoms with E-state index in [1.807, 2.05) is 36.4 Å². The molecule has 0 N–H and O–H groups in total. The van der Waals surface area contributed by atoms with Crippen LogP contribution >= 0.6 is 0 Å². The van der Waals surface area contributed by atoms with Crippen LogP contribution in [0.3, 0.4) is 0 Å². The third-order valence-corrected chi connectivity index (χ3v) is 8.41. The van der Waals surface area contributed by atoms with E-state index >= 15 is 0 Å². The van der Waals surface area contributed by atoms with Gasteiger partial charge in [-0.1, -0.05) is 103 Å². The number of hydrogen-bond donors (Lipinski definition) is 0. The molecule has 4 heteroatoms. The van der Waals surface area contributed by atoms with E-state index in [0.29, 0.717) is 5.82 Å². The molecule has 0 saturated heterocycles. The van der Waals surface area contributed by atoms with Gasteiger partial charge in [-0.15, -0.1) is 0 Å². The second-order valence-electron chi connectivity index (χ2n) is 11.1. The van der Waals surface area contributed by atoms with E-state index in [0.717, 1.165) is 55.7 Å². The fraction of sp³-hybridized carbons (Fsp3) is 0. The van der Waals surface area contributed by atoms with Gasteiger partial charge in [0.25, 0.3) is 0 Å². The molecule has 0 amide bonds. The first-order valence-electron chi connectivity index (χ1n) is 14.8. The molecule has 9 aromatic rings. The lowest BCUT2D eigenvalue weighted by Crippen LogP contribution is -1.97. The van der Waals surface area contributed by atoms with Crippen LogP contribution in [0.2, 0.25) is 0 Å². The molecule has 0 atom stereocenters. The lowest BCUT2D eigenvalue weighted by molar-refractivity contribution is 0.669. The van der Waals surface area contributed by atoms with Gasteiger partial charge in [0.2, 0.25) is 0 Å². The van der Waals surface area contributed by atoms with Crippen LogP contribution in [0.4, 0.5) is 0 Å². The highest BCUT2D eigenvalue weighted by Gasteiger charge is 2.15. The highest BCUT2D eigenvalue weighted by atomic mass is 16.3. The van der Waals surface area contributed by atoms with Crippen LogP contribution < -0.4 is 0 Å². The van der Waals surface area contributed by atoms with Gasteiger partial charge < -0.3 is 8.98 Å². The fourth-order valence-electron chi connectivity index (χ4n) is 6.35. The molecule has 44 heavy (non-hydrogen) atoms. The predicted octanol–water partition coefficient (Wildman–Crippen LogP) is 10.5. The summed E-state index contributed by atoms with van der Waals surface area (Å²) in [6.45, 7) is 0. The maximum absolute atomic E-state index is 6.21. The van der Waals surface area contributed by atoms with Crippen molar-refractivity contribution in [1.82, 2.24) is 14.5 Å². The Bertz CT molecular complexity index is 2450. The van der Waals surface area contributed by atoms with Crippen molar-refractivity contribution in [1.29, 1.82) is 0 Å². The number of fused-ring (bicyclic) bond motifs is 6. The molecule has 206 valence electrons. The zero-order valence-corrected chi connectivity index (χ0v) is 23.7. The minimum absolute atomic E-state index is 0.658. The SMILES string of the molecule is c1ccc(-c2cc(-c3cccc(-n4c5ccccc5c5ccccc54)c3)nc(-c3ccc4c(c3)oc3ccccc34)n2)cc1. The van der Waals surface area contributed by atoms with Crippen LogP contribution in [-0.4, -0.2) is 14.5 Å². The number of rotatable bonds is 4. The highest BCUT2D eigenvalue weighted by Crippen LogP contribution is 2.35. The van der Waals surface area contributed by atoms with Gasteiger partial charge in [-0.2, -0.15) is 0 Å². The van der Waals surface area contributed by atoms with Crippen LogP contribution in [-0.2, 0) is 0 Å². The molecule has 0 aliphatic heterocycles. The molecule has 9 rings (SSSR count). The molecule has 0 spiro atoms. The van der Waals surface area contributed by atoms with Crippen molar-refractivity contribution in [2.24, 2.45) is 0 Å². The Hall–Kier alpha value is -6.00. The van der Waals surface area contributed by atoms with E-state index in [2.05, 4.69) is 120 Å². The van der Waals surface area contributed by atoms with Gasteiger partial charge in [-0.25, -0.2) is 9.97 Å². The van der Waals surface area contributed by atoms with Crippen LogP contribution in [0.15, 0.2) is 156 Å². The van der Waals surface area contributed by atoms with Crippen LogP contribution in [0, 0.1) is 0 Å². The van der Waals surface area contributed by atoms with Gasteiger partial charge >= 0.3 is 0 Å². The van der Waals surface area contributed by atoms with Gasteiger partial charge in [-0.3, -0.25) is 0 Å². The smallest absolute Gasteiger partial charge is 0.160 e. The Morgan fingerprint density at radius 2 is 1.02 bits per heavy atom. The third-order valence-electron chi connectivity index (χ3n) is 8.41. The maximum Gasteiger partial charge on any atom is 0.160 e.